The van der Waals surface area contributed by atoms with Crippen LogP contribution in [0.25, 0.3) is 32.7 Å². The molecule has 30 heavy (non-hydrogen) atoms. The lowest BCUT2D eigenvalue weighted by atomic mass is 10.0. The minimum atomic E-state index is 0.883. The monoisotopic (exact) mass is 404 g/mol. The lowest BCUT2D eigenvalue weighted by Crippen LogP contribution is -2.25. The van der Waals surface area contributed by atoms with E-state index in [2.05, 4.69) is 66.9 Å². The Labute approximate surface area is 178 Å². The number of methoxy groups -OCH3 is 1. The Morgan fingerprint density at radius 1 is 1.07 bits per heavy atom. The van der Waals surface area contributed by atoms with Gasteiger partial charge in [0.1, 0.15) is 5.75 Å². The third-order valence-corrected chi connectivity index (χ3v) is 6.30. The highest BCUT2D eigenvalue weighted by atomic mass is 16.5. The van der Waals surface area contributed by atoms with Gasteiger partial charge >= 0.3 is 0 Å². The van der Waals surface area contributed by atoms with E-state index in [1.54, 1.807) is 7.11 Å². The van der Waals surface area contributed by atoms with Gasteiger partial charge in [-0.15, -0.1) is 0 Å². The number of nitrogens with one attached hydrogen (secondary N) is 1. The molecule has 0 aliphatic heterocycles. The number of aromatic nitrogens is 2. The normalized spacial score (nSPS) is 11.8. The van der Waals surface area contributed by atoms with Crippen molar-refractivity contribution in [3.8, 4) is 5.75 Å². The van der Waals surface area contributed by atoms with Crippen molar-refractivity contribution in [2.24, 2.45) is 7.05 Å². The van der Waals surface area contributed by atoms with Crippen LogP contribution in [0.5, 0.6) is 5.75 Å². The minimum Gasteiger partial charge on any atom is -0.497 e. The molecule has 0 atom stereocenters. The lowest BCUT2D eigenvalue weighted by Gasteiger charge is -2.18. The minimum absolute atomic E-state index is 0.883. The van der Waals surface area contributed by atoms with Gasteiger partial charge < -0.3 is 19.5 Å². The Bertz CT molecular complexity index is 1190. The van der Waals surface area contributed by atoms with Crippen molar-refractivity contribution >= 4 is 38.4 Å². The molecule has 0 fully saturated rings. The number of hydrogen-bond donors (Lipinski definition) is 1. The Balaban J connectivity index is 1.77. The standard InChI is InChI=1S/C25H32N4O/c1-6-29(7-2)14-8-12-26-22-11-13-27-24-17(3)25-20(16-21(22)24)19-15-18(30-5)9-10-23(19)28(25)4/h9-11,13,15-16H,6-8,12,14H2,1-5H3,(H,26,27). The quantitative estimate of drug-likeness (QED) is 0.403. The van der Waals surface area contributed by atoms with Gasteiger partial charge in [0.15, 0.2) is 0 Å². The lowest BCUT2D eigenvalue weighted by molar-refractivity contribution is 0.303. The van der Waals surface area contributed by atoms with Gasteiger partial charge in [-0.05, 0) is 68.9 Å². The average molecular weight is 405 g/mol. The summed E-state index contributed by atoms with van der Waals surface area (Å²) in [5.74, 6) is 0.883. The summed E-state index contributed by atoms with van der Waals surface area (Å²) in [4.78, 5) is 7.20. The zero-order valence-electron chi connectivity index (χ0n) is 18.7. The number of rotatable bonds is 8. The van der Waals surface area contributed by atoms with Gasteiger partial charge in [0.2, 0.25) is 0 Å². The number of fused-ring (bicyclic) bond motifs is 4. The second kappa shape index (κ2) is 8.52. The number of aryl methyl sites for hydroxylation is 2. The summed E-state index contributed by atoms with van der Waals surface area (Å²) in [7, 11) is 3.85. The van der Waals surface area contributed by atoms with E-state index in [1.807, 2.05) is 12.3 Å². The third-order valence-electron chi connectivity index (χ3n) is 6.30. The van der Waals surface area contributed by atoms with Crippen LogP contribution in [0, 0.1) is 6.92 Å². The van der Waals surface area contributed by atoms with E-state index in [1.165, 1.54) is 32.8 Å². The van der Waals surface area contributed by atoms with Crippen molar-refractivity contribution in [1.82, 2.24) is 14.5 Å². The predicted molar refractivity (Wildman–Crippen MR) is 128 cm³/mol. The molecule has 0 amide bonds. The van der Waals surface area contributed by atoms with Crippen LogP contribution >= 0.6 is 0 Å². The van der Waals surface area contributed by atoms with E-state index >= 15 is 0 Å². The van der Waals surface area contributed by atoms with Crippen molar-refractivity contribution in [3.05, 3.63) is 42.1 Å². The van der Waals surface area contributed by atoms with Crippen LogP contribution in [0.4, 0.5) is 5.69 Å². The van der Waals surface area contributed by atoms with Crippen LogP contribution in [-0.2, 0) is 7.05 Å². The first-order valence-electron chi connectivity index (χ1n) is 10.9. The maximum absolute atomic E-state index is 5.49. The molecule has 1 N–H and O–H groups in total. The van der Waals surface area contributed by atoms with Crippen LogP contribution in [-0.4, -0.2) is 47.7 Å². The first-order chi connectivity index (χ1) is 14.6. The Hall–Kier alpha value is -2.79. The molecule has 4 rings (SSSR count). The predicted octanol–water partition coefficient (Wildman–Crippen LogP) is 5.34. The molecule has 0 spiro atoms. The van der Waals surface area contributed by atoms with Gasteiger partial charge in [0, 0.05) is 47.2 Å². The number of anilines is 1. The van der Waals surface area contributed by atoms with Crippen molar-refractivity contribution < 1.29 is 4.74 Å². The molecule has 5 heteroatoms. The summed E-state index contributed by atoms with van der Waals surface area (Å²) in [5.41, 5.74) is 5.88. The molecule has 0 bridgehead atoms. The molecule has 0 aliphatic carbocycles. The topological polar surface area (TPSA) is 42.3 Å². The molecule has 0 saturated carbocycles. The van der Waals surface area contributed by atoms with Gasteiger partial charge in [-0.3, -0.25) is 4.98 Å². The van der Waals surface area contributed by atoms with Crippen LogP contribution in [0.15, 0.2) is 36.5 Å². The van der Waals surface area contributed by atoms with Crippen LogP contribution in [0.3, 0.4) is 0 Å². The number of benzene rings is 2. The first-order valence-corrected chi connectivity index (χ1v) is 10.9. The second-order valence-corrected chi connectivity index (χ2v) is 7.90. The molecule has 4 aromatic rings. The molecular formula is C25H32N4O. The largest absolute Gasteiger partial charge is 0.497 e. The fourth-order valence-electron chi connectivity index (χ4n) is 4.57. The fourth-order valence-corrected chi connectivity index (χ4v) is 4.57. The smallest absolute Gasteiger partial charge is 0.119 e. The maximum atomic E-state index is 5.49. The zero-order valence-corrected chi connectivity index (χ0v) is 18.7. The molecule has 158 valence electrons. The first kappa shape index (κ1) is 20.5. The molecule has 0 aliphatic rings. The number of nitrogens with zero attached hydrogens (tertiary/aromatic N) is 3. The summed E-state index contributed by atoms with van der Waals surface area (Å²) < 4.78 is 7.76. The molecule has 0 saturated heterocycles. The SMILES string of the molecule is CCN(CC)CCCNc1ccnc2c(C)c3c(cc12)c1cc(OC)ccc1n3C. The van der Waals surface area contributed by atoms with Crippen molar-refractivity contribution in [2.45, 2.75) is 27.2 Å². The van der Waals surface area contributed by atoms with Gasteiger partial charge in [-0.1, -0.05) is 13.8 Å². The van der Waals surface area contributed by atoms with Gasteiger partial charge in [0.05, 0.1) is 18.1 Å². The van der Waals surface area contributed by atoms with Gasteiger partial charge in [0.25, 0.3) is 0 Å². The van der Waals surface area contributed by atoms with E-state index in [4.69, 9.17) is 9.72 Å². The van der Waals surface area contributed by atoms with Crippen molar-refractivity contribution in [3.63, 3.8) is 0 Å². The molecule has 2 aromatic heterocycles. The Kier molecular flexibility index (Phi) is 5.82. The van der Waals surface area contributed by atoms with E-state index in [0.717, 1.165) is 49.6 Å². The Morgan fingerprint density at radius 3 is 2.60 bits per heavy atom. The highest BCUT2D eigenvalue weighted by Crippen LogP contribution is 2.37. The van der Waals surface area contributed by atoms with E-state index in [9.17, 15) is 0 Å². The van der Waals surface area contributed by atoms with Crippen LogP contribution in [0.2, 0.25) is 0 Å². The zero-order chi connectivity index (χ0) is 21.3. The van der Waals surface area contributed by atoms with E-state index in [0.29, 0.717) is 0 Å². The molecule has 0 unspecified atom stereocenters. The molecule has 0 radical (unpaired) electrons. The van der Waals surface area contributed by atoms with Crippen LogP contribution < -0.4 is 10.1 Å². The van der Waals surface area contributed by atoms with Gasteiger partial charge in [-0.2, -0.15) is 0 Å². The van der Waals surface area contributed by atoms with Crippen LogP contribution in [0.1, 0.15) is 25.8 Å². The summed E-state index contributed by atoms with van der Waals surface area (Å²) in [6.45, 7) is 10.9. The van der Waals surface area contributed by atoms with E-state index < -0.39 is 0 Å². The molecule has 2 heterocycles. The van der Waals surface area contributed by atoms with Crippen molar-refractivity contribution in [1.29, 1.82) is 0 Å². The van der Waals surface area contributed by atoms with E-state index in [-0.39, 0.29) is 0 Å². The highest BCUT2D eigenvalue weighted by molar-refractivity contribution is 6.15. The molecular weight excluding hydrogens is 372 g/mol. The molecule has 2 aromatic carbocycles. The summed E-state index contributed by atoms with van der Waals surface area (Å²) in [6.07, 6.45) is 3.04. The maximum Gasteiger partial charge on any atom is 0.119 e. The Morgan fingerprint density at radius 2 is 1.87 bits per heavy atom. The number of pyridine rings is 1. The molecule has 5 nitrogen and oxygen atoms in total. The summed E-state index contributed by atoms with van der Waals surface area (Å²) >= 11 is 0. The second-order valence-electron chi connectivity index (χ2n) is 7.90. The van der Waals surface area contributed by atoms with Gasteiger partial charge in [-0.25, -0.2) is 0 Å². The fraction of sp³-hybridized carbons (Fsp3) is 0.400. The number of ether oxygens (including phenoxy) is 1. The third kappa shape index (κ3) is 3.47. The highest BCUT2D eigenvalue weighted by Gasteiger charge is 2.16. The summed E-state index contributed by atoms with van der Waals surface area (Å²) in [6, 6.07) is 10.7. The summed E-state index contributed by atoms with van der Waals surface area (Å²) in [5, 5.41) is 7.31. The van der Waals surface area contributed by atoms with Crippen molar-refractivity contribution in [2.75, 3.05) is 38.6 Å². The average Bonchev–Trinajstić information content (AvgIpc) is 3.06. The number of hydrogen-bond acceptors (Lipinski definition) is 4.